The molecule has 0 spiro atoms. The van der Waals surface area contributed by atoms with Crippen molar-refractivity contribution in [2.45, 2.75) is 25.9 Å². The smallest absolute Gasteiger partial charge is 0.0945 e. The van der Waals surface area contributed by atoms with Gasteiger partial charge in [-0.3, -0.25) is 0 Å². The number of hydrogen-bond donors (Lipinski definition) is 2. The maximum Gasteiger partial charge on any atom is 0.0945 e. The molecule has 0 aliphatic heterocycles. The van der Waals surface area contributed by atoms with Gasteiger partial charge in [0.05, 0.1) is 12.9 Å². The fraction of sp³-hybridized carbons (Fsp3) is 0.667. The van der Waals surface area contributed by atoms with Crippen molar-refractivity contribution >= 4 is 0 Å². The largest absolute Gasteiger partial charge is 0.395 e. The van der Waals surface area contributed by atoms with E-state index in [0.717, 1.165) is 19.5 Å². The summed E-state index contributed by atoms with van der Waals surface area (Å²) in [6.45, 7) is 4.08. The summed E-state index contributed by atoms with van der Waals surface area (Å²) >= 11 is 0. The first-order valence-corrected chi connectivity index (χ1v) is 4.63. The first kappa shape index (κ1) is 10.2. The zero-order valence-corrected chi connectivity index (χ0v) is 7.98. The first-order chi connectivity index (χ1) is 6.33. The summed E-state index contributed by atoms with van der Waals surface area (Å²) in [5.74, 6) is 0. The van der Waals surface area contributed by atoms with Gasteiger partial charge in [0.1, 0.15) is 0 Å². The molecule has 1 heterocycles. The lowest BCUT2D eigenvalue weighted by atomic mass is 10.3. The second-order valence-corrected chi connectivity index (χ2v) is 3.19. The van der Waals surface area contributed by atoms with E-state index in [-0.39, 0.29) is 12.6 Å². The number of rotatable bonds is 6. The molecular weight excluding hydrogens is 166 g/mol. The predicted octanol–water partition coefficient (Wildman–Crippen LogP) is 0.244. The van der Waals surface area contributed by atoms with E-state index < -0.39 is 0 Å². The molecule has 0 amide bonds. The molecule has 1 unspecified atom stereocenters. The van der Waals surface area contributed by atoms with Crippen LogP contribution in [0.25, 0.3) is 0 Å². The van der Waals surface area contributed by atoms with E-state index >= 15 is 0 Å². The molecule has 4 heteroatoms. The van der Waals surface area contributed by atoms with Gasteiger partial charge in [0.15, 0.2) is 0 Å². The van der Waals surface area contributed by atoms with Crippen LogP contribution in [0.1, 0.15) is 13.3 Å². The number of hydrogen-bond acceptors (Lipinski definition) is 3. The van der Waals surface area contributed by atoms with Crippen LogP contribution in [0.3, 0.4) is 0 Å². The number of imidazole rings is 1. The fourth-order valence-electron chi connectivity index (χ4n) is 1.09. The van der Waals surface area contributed by atoms with E-state index in [1.165, 1.54) is 0 Å². The molecule has 0 saturated heterocycles. The van der Waals surface area contributed by atoms with Gasteiger partial charge in [0.2, 0.25) is 0 Å². The molecule has 0 aliphatic carbocycles. The van der Waals surface area contributed by atoms with Crippen LogP contribution in [-0.4, -0.2) is 33.9 Å². The Balaban J connectivity index is 2.02. The Labute approximate surface area is 78.6 Å². The van der Waals surface area contributed by atoms with E-state index in [0.29, 0.717) is 0 Å². The molecule has 0 saturated carbocycles. The van der Waals surface area contributed by atoms with Crippen molar-refractivity contribution in [3.63, 3.8) is 0 Å². The minimum atomic E-state index is 0.197. The molecule has 1 aromatic heterocycles. The highest BCUT2D eigenvalue weighted by molar-refractivity contribution is 4.73. The molecule has 0 fully saturated rings. The molecule has 4 nitrogen and oxygen atoms in total. The van der Waals surface area contributed by atoms with Crippen LogP contribution in [0.5, 0.6) is 0 Å². The molecule has 74 valence electrons. The third kappa shape index (κ3) is 4.05. The second-order valence-electron chi connectivity index (χ2n) is 3.19. The van der Waals surface area contributed by atoms with Gasteiger partial charge in [-0.25, -0.2) is 4.98 Å². The summed E-state index contributed by atoms with van der Waals surface area (Å²) in [5.41, 5.74) is 0. The van der Waals surface area contributed by atoms with Gasteiger partial charge in [-0.2, -0.15) is 0 Å². The van der Waals surface area contributed by atoms with Crippen molar-refractivity contribution in [3.8, 4) is 0 Å². The van der Waals surface area contributed by atoms with Crippen LogP contribution in [0.15, 0.2) is 18.7 Å². The lowest BCUT2D eigenvalue weighted by molar-refractivity contribution is 0.251. The standard InChI is InChI=1S/C9H17N3O/c1-9(7-13)11-3-2-5-12-6-4-10-8-12/h4,6,8-9,11,13H,2-3,5,7H2,1H3. The van der Waals surface area contributed by atoms with Crippen molar-refractivity contribution < 1.29 is 5.11 Å². The lowest BCUT2D eigenvalue weighted by Gasteiger charge is -2.10. The van der Waals surface area contributed by atoms with Crippen molar-refractivity contribution in [2.75, 3.05) is 13.2 Å². The third-order valence-corrected chi connectivity index (χ3v) is 1.92. The zero-order valence-electron chi connectivity index (χ0n) is 7.98. The van der Waals surface area contributed by atoms with E-state index in [1.54, 1.807) is 6.20 Å². The van der Waals surface area contributed by atoms with Crippen LogP contribution < -0.4 is 5.32 Å². The van der Waals surface area contributed by atoms with Gasteiger partial charge < -0.3 is 15.0 Å². The Bertz CT molecular complexity index is 211. The van der Waals surface area contributed by atoms with E-state index in [9.17, 15) is 0 Å². The van der Waals surface area contributed by atoms with Gasteiger partial charge in [0.25, 0.3) is 0 Å². The van der Waals surface area contributed by atoms with Gasteiger partial charge in [-0.15, -0.1) is 0 Å². The molecule has 0 aromatic carbocycles. The number of aromatic nitrogens is 2. The maximum atomic E-state index is 8.74. The minimum Gasteiger partial charge on any atom is -0.395 e. The number of aryl methyl sites for hydroxylation is 1. The van der Waals surface area contributed by atoms with Crippen molar-refractivity contribution in [1.29, 1.82) is 0 Å². The Morgan fingerprint density at radius 2 is 2.46 bits per heavy atom. The molecular formula is C9H17N3O. The highest BCUT2D eigenvalue weighted by Crippen LogP contribution is 1.89. The molecule has 0 aliphatic rings. The Hall–Kier alpha value is -0.870. The van der Waals surface area contributed by atoms with Gasteiger partial charge in [-0.1, -0.05) is 0 Å². The maximum absolute atomic E-state index is 8.74. The van der Waals surface area contributed by atoms with Gasteiger partial charge in [0, 0.05) is 25.0 Å². The molecule has 0 radical (unpaired) electrons. The molecule has 1 aromatic rings. The fourth-order valence-corrected chi connectivity index (χ4v) is 1.09. The van der Waals surface area contributed by atoms with Gasteiger partial charge in [-0.05, 0) is 19.9 Å². The monoisotopic (exact) mass is 183 g/mol. The number of nitrogens with one attached hydrogen (secondary N) is 1. The molecule has 0 bridgehead atoms. The zero-order chi connectivity index (χ0) is 9.52. The summed E-state index contributed by atoms with van der Waals surface area (Å²) in [6, 6.07) is 0.197. The quantitative estimate of drug-likeness (QED) is 0.621. The highest BCUT2D eigenvalue weighted by atomic mass is 16.3. The van der Waals surface area contributed by atoms with Crippen molar-refractivity contribution in [1.82, 2.24) is 14.9 Å². The van der Waals surface area contributed by atoms with Crippen LogP contribution in [0.4, 0.5) is 0 Å². The Morgan fingerprint density at radius 3 is 3.08 bits per heavy atom. The molecule has 1 atom stereocenters. The summed E-state index contributed by atoms with van der Waals surface area (Å²) < 4.78 is 2.05. The Morgan fingerprint density at radius 1 is 1.62 bits per heavy atom. The number of aliphatic hydroxyl groups is 1. The van der Waals surface area contributed by atoms with E-state index in [2.05, 4.69) is 10.3 Å². The van der Waals surface area contributed by atoms with Crippen LogP contribution in [0, 0.1) is 0 Å². The SMILES string of the molecule is CC(CO)NCCCn1ccnc1. The normalized spacial score (nSPS) is 13.1. The lowest BCUT2D eigenvalue weighted by Crippen LogP contribution is -2.30. The summed E-state index contributed by atoms with van der Waals surface area (Å²) in [5, 5.41) is 12.0. The van der Waals surface area contributed by atoms with Crippen LogP contribution in [-0.2, 0) is 6.54 Å². The van der Waals surface area contributed by atoms with Crippen LogP contribution >= 0.6 is 0 Å². The summed E-state index contributed by atoms with van der Waals surface area (Å²) in [4.78, 5) is 3.95. The average molecular weight is 183 g/mol. The van der Waals surface area contributed by atoms with Crippen molar-refractivity contribution in [3.05, 3.63) is 18.7 Å². The number of aliphatic hydroxyl groups excluding tert-OH is 1. The van der Waals surface area contributed by atoms with Gasteiger partial charge >= 0.3 is 0 Å². The molecule has 13 heavy (non-hydrogen) atoms. The molecule has 1 rings (SSSR count). The minimum absolute atomic E-state index is 0.197. The topological polar surface area (TPSA) is 50.1 Å². The van der Waals surface area contributed by atoms with E-state index in [4.69, 9.17) is 5.11 Å². The summed E-state index contributed by atoms with van der Waals surface area (Å²) in [6.07, 6.45) is 6.61. The predicted molar refractivity (Wildman–Crippen MR) is 51.4 cm³/mol. The highest BCUT2D eigenvalue weighted by Gasteiger charge is 1.96. The summed E-state index contributed by atoms with van der Waals surface area (Å²) in [7, 11) is 0. The average Bonchev–Trinajstić information content (AvgIpc) is 2.64. The van der Waals surface area contributed by atoms with E-state index in [1.807, 2.05) is 24.0 Å². The first-order valence-electron chi connectivity index (χ1n) is 4.63. The Kier molecular flexibility index (Phi) is 4.49. The van der Waals surface area contributed by atoms with Crippen molar-refractivity contribution in [2.24, 2.45) is 0 Å². The second kappa shape index (κ2) is 5.72. The van der Waals surface area contributed by atoms with Crippen LogP contribution in [0.2, 0.25) is 0 Å². The third-order valence-electron chi connectivity index (χ3n) is 1.92. The molecule has 2 N–H and O–H groups in total. The number of nitrogens with zero attached hydrogens (tertiary/aromatic N) is 2.